The van der Waals surface area contributed by atoms with Crippen molar-refractivity contribution in [2.45, 2.75) is 50.7 Å². The molecule has 4 amide bonds. The maximum atomic E-state index is 11.9. The first-order valence-electron chi connectivity index (χ1n) is 6.99. The Balaban J connectivity index is 2.42. The summed E-state index contributed by atoms with van der Waals surface area (Å²) in [5.74, 6) is 3.18. The number of hydrogen-bond donors (Lipinski definition) is 4. The van der Waals surface area contributed by atoms with E-state index < -0.39 is 40.7 Å². The lowest BCUT2D eigenvalue weighted by atomic mass is 9.58. The second-order valence-corrected chi connectivity index (χ2v) is 6.24. The highest BCUT2D eigenvalue weighted by Gasteiger charge is 2.56. The van der Waals surface area contributed by atoms with E-state index in [2.05, 4.69) is 10.6 Å². The van der Waals surface area contributed by atoms with Gasteiger partial charge in [-0.2, -0.15) is 0 Å². The summed E-state index contributed by atoms with van der Waals surface area (Å²) in [6.07, 6.45) is -0.709. The monoisotopic (exact) mass is 312 g/mol. The van der Waals surface area contributed by atoms with Gasteiger partial charge >= 0.3 is 0 Å². The molecular formula is C13H20N4O5. The van der Waals surface area contributed by atoms with Crippen LogP contribution < -0.4 is 22.3 Å². The minimum absolute atomic E-state index is 0.0660. The topological polar surface area (TPSA) is 154 Å². The van der Waals surface area contributed by atoms with Crippen LogP contribution in [0, 0.1) is 5.41 Å². The Labute approximate surface area is 127 Å². The van der Waals surface area contributed by atoms with Crippen LogP contribution >= 0.6 is 0 Å². The maximum Gasteiger partial charge on any atom is 0.228 e. The molecular weight excluding hydrogens is 292 g/mol. The molecule has 0 saturated carbocycles. The van der Waals surface area contributed by atoms with Crippen LogP contribution in [0.25, 0.3) is 0 Å². The molecule has 0 radical (unpaired) electrons. The van der Waals surface area contributed by atoms with Gasteiger partial charge in [0, 0.05) is 36.6 Å². The van der Waals surface area contributed by atoms with E-state index in [-0.39, 0.29) is 32.1 Å². The Morgan fingerprint density at radius 1 is 1.00 bits per heavy atom. The summed E-state index contributed by atoms with van der Waals surface area (Å²) in [6.45, 7) is 1.67. The molecule has 9 heteroatoms. The average Bonchev–Trinajstić information content (AvgIpc) is 2.35. The number of amides is 4. The molecule has 2 heterocycles. The summed E-state index contributed by atoms with van der Waals surface area (Å²) in [5.41, 5.74) is 4.01. The standard InChI is InChI=1S/C13H20N4O5/c1-7(22-15)2-12(3-8(18)16-9(19)4-12)13(14)5-10(20)17-11(21)6-13/h7H,2-6,14-15H2,1H3,(H,16,18,19)(H,17,20,21). The number of carbonyl (C=O) groups is 4. The molecule has 1 atom stereocenters. The van der Waals surface area contributed by atoms with Gasteiger partial charge in [-0.1, -0.05) is 0 Å². The summed E-state index contributed by atoms with van der Waals surface area (Å²) >= 11 is 0. The van der Waals surface area contributed by atoms with E-state index in [9.17, 15) is 19.2 Å². The summed E-state index contributed by atoms with van der Waals surface area (Å²) in [5, 5.41) is 4.39. The minimum Gasteiger partial charge on any atom is -0.324 e. The quantitative estimate of drug-likeness (QED) is 0.353. The smallest absolute Gasteiger partial charge is 0.228 e. The van der Waals surface area contributed by atoms with Gasteiger partial charge in [0.25, 0.3) is 0 Å². The SMILES string of the molecule is CC(CC1(C2(N)CC(=O)NC(=O)C2)CC(=O)NC(=O)C1)ON. The van der Waals surface area contributed by atoms with Crippen molar-refractivity contribution >= 4 is 23.6 Å². The number of piperidine rings is 2. The van der Waals surface area contributed by atoms with Crippen LogP contribution in [0.15, 0.2) is 0 Å². The maximum absolute atomic E-state index is 11.9. The summed E-state index contributed by atoms with van der Waals surface area (Å²) in [4.78, 5) is 52.0. The van der Waals surface area contributed by atoms with Crippen LogP contribution in [0.4, 0.5) is 0 Å². The molecule has 0 spiro atoms. The van der Waals surface area contributed by atoms with Crippen LogP contribution in [0.1, 0.15) is 39.0 Å². The summed E-state index contributed by atoms with van der Waals surface area (Å²) in [7, 11) is 0. The van der Waals surface area contributed by atoms with Gasteiger partial charge in [0.15, 0.2) is 0 Å². The van der Waals surface area contributed by atoms with E-state index in [1.54, 1.807) is 6.92 Å². The predicted molar refractivity (Wildman–Crippen MR) is 73.5 cm³/mol. The molecule has 0 aromatic rings. The highest BCUT2D eigenvalue weighted by molar-refractivity contribution is 6.01. The zero-order valence-electron chi connectivity index (χ0n) is 12.3. The fraction of sp³-hybridized carbons (Fsp3) is 0.692. The van der Waals surface area contributed by atoms with Crippen LogP contribution in [0.3, 0.4) is 0 Å². The zero-order chi connectivity index (χ0) is 16.5. The first-order chi connectivity index (χ1) is 10.2. The second-order valence-electron chi connectivity index (χ2n) is 6.24. The van der Waals surface area contributed by atoms with Gasteiger partial charge in [-0.25, -0.2) is 5.90 Å². The lowest BCUT2D eigenvalue weighted by Crippen LogP contribution is -2.67. The Morgan fingerprint density at radius 3 is 1.82 bits per heavy atom. The van der Waals surface area contributed by atoms with Crippen molar-refractivity contribution < 1.29 is 24.0 Å². The Hall–Kier alpha value is -1.84. The number of imide groups is 2. The van der Waals surface area contributed by atoms with Crippen molar-refractivity contribution in [1.82, 2.24) is 10.6 Å². The fourth-order valence-corrected chi connectivity index (χ4v) is 3.47. The van der Waals surface area contributed by atoms with Crippen molar-refractivity contribution in [3.05, 3.63) is 0 Å². The van der Waals surface area contributed by atoms with Crippen molar-refractivity contribution in [2.24, 2.45) is 17.0 Å². The van der Waals surface area contributed by atoms with Gasteiger partial charge in [0.2, 0.25) is 23.6 Å². The summed E-state index contributed by atoms with van der Waals surface area (Å²) < 4.78 is 0. The molecule has 6 N–H and O–H groups in total. The third kappa shape index (κ3) is 3.01. The zero-order valence-corrected chi connectivity index (χ0v) is 12.3. The predicted octanol–water partition coefficient (Wildman–Crippen LogP) is -1.79. The van der Waals surface area contributed by atoms with E-state index in [4.69, 9.17) is 16.5 Å². The molecule has 1 unspecified atom stereocenters. The highest BCUT2D eigenvalue weighted by atomic mass is 16.6. The van der Waals surface area contributed by atoms with Gasteiger partial charge in [-0.3, -0.25) is 29.8 Å². The van der Waals surface area contributed by atoms with Crippen LogP contribution in [0.2, 0.25) is 0 Å². The lowest BCUT2D eigenvalue weighted by molar-refractivity contribution is -0.150. The number of carbonyl (C=O) groups excluding carboxylic acids is 4. The third-order valence-corrected chi connectivity index (χ3v) is 4.47. The highest BCUT2D eigenvalue weighted by Crippen LogP contribution is 2.47. The Kier molecular flexibility index (Phi) is 4.32. The number of nitrogens with two attached hydrogens (primary N) is 2. The van der Waals surface area contributed by atoms with E-state index in [0.29, 0.717) is 0 Å². The first-order valence-corrected chi connectivity index (χ1v) is 6.99. The first kappa shape index (κ1) is 16.5. The third-order valence-electron chi connectivity index (χ3n) is 4.47. The van der Waals surface area contributed by atoms with Crippen LogP contribution in [-0.4, -0.2) is 35.3 Å². The van der Waals surface area contributed by atoms with E-state index in [1.807, 2.05) is 0 Å². The Bertz CT molecular complexity index is 501. The van der Waals surface area contributed by atoms with Gasteiger partial charge < -0.3 is 10.6 Å². The molecule has 2 fully saturated rings. The fourth-order valence-electron chi connectivity index (χ4n) is 3.47. The van der Waals surface area contributed by atoms with Crippen molar-refractivity contribution in [3.63, 3.8) is 0 Å². The molecule has 0 bridgehead atoms. The van der Waals surface area contributed by atoms with E-state index in [0.717, 1.165) is 0 Å². The van der Waals surface area contributed by atoms with Gasteiger partial charge in [-0.15, -0.1) is 0 Å². The number of rotatable bonds is 4. The van der Waals surface area contributed by atoms with Crippen LogP contribution in [-0.2, 0) is 24.0 Å². The van der Waals surface area contributed by atoms with Crippen LogP contribution in [0.5, 0.6) is 0 Å². The lowest BCUT2D eigenvalue weighted by Gasteiger charge is -2.51. The van der Waals surface area contributed by atoms with Gasteiger partial charge in [0.05, 0.1) is 6.10 Å². The van der Waals surface area contributed by atoms with Gasteiger partial charge in [-0.05, 0) is 13.3 Å². The molecule has 2 aliphatic rings. The average molecular weight is 312 g/mol. The second kappa shape index (κ2) is 5.75. The van der Waals surface area contributed by atoms with E-state index in [1.165, 1.54) is 0 Å². The normalized spacial score (nSPS) is 25.4. The largest absolute Gasteiger partial charge is 0.324 e. The molecule has 2 rings (SSSR count). The molecule has 2 saturated heterocycles. The van der Waals surface area contributed by atoms with E-state index >= 15 is 0 Å². The van der Waals surface area contributed by atoms with Crippen molar-refractivity contribution in [3.8, 4) is 0 Å². The molecule has 22 heavy (non-hydrogen) atoms. The molecule has 2 aliphatic heterocycles. The minimum atomic E-state index is -1.30. The molecule has 0 aromatic carbocycles. The molecule has 0 aliphatic carbocycles. The molecule has 0 aromatic heterocycles. The molecule has 9 nitrogen and oxygen atoms in total. The summed E-state index contributed by atoms with van der Waals surface area (Å²) in [6, 6.07) is 0. The molecule has 122 valence electrons. The Morgan fingerprint density at radius 2 is 1.41 bits per heavy atom. The van der Waals surface area contributed by atoms with Gasteiger partial charge in [0.1, 0.15) is 0 Å². The number of nitrogens with one attached hydrogen (secondary N) is 2. The van der Waals surface area contributed by atoms with Crippen molar-refractivity contribution in [2.75, 3.05) is 0 Å². The van der Waals surface area contributed by atoms with Crippen molar-refractivity contribution in [1.29, 1.82) is 0 Å². The number of hydrogen-bond acceptors (Lipinski definition) is 7.